The quantitative estimate of drug-likeness (QED) is 0.344. The summed E-state index contributed by atoms with van der Waals surface area (Å²) in [7, 11) is 0. The molecule has 4 aromatic rings. The molecular formula is C19H18N4O2S3. The van der Waals surface area contributed by atoms with Crippen LogP contribution in [0.2, 0.25) is 0 Å². The SMILES string of the molecule is CCCc1cc(=O)[nH]c(SC(C)c2nc3scc(-c4cccs4)c3c(=O)[nH]2)n1. The van der Waals surface area contributed by atoms with E-state index in [1.807, 2.05) is 36.7 Å². The van der Waals surface area contributed by atoms with Crippen molar-refractivity contribution >= 4 is 44.7 Å². The van der Waals surface area contributed by atoms with Gasteiger partial charge in [0.25, 0.3) is 11.1 Å². The molecule has 0 amide bonds. The Morgan fingerprint density at radius 1 is 1.21 bits per heavy atom. The second-order valence-corrected chi connectivity index (χ2v) is 9.45. The molecule has 1 unspecified atom stereocenters. The lowest BCUT2D eigenvalue weighted by atomic mass is 10.2. The topological polar surface area (TPSA) is 91.5 Å². The fourth-order valence-corrected chi connectivity index (χ4v) is 5.57. The van der Waals surface area contributed by atoms with E-state index in [9.17, 15) is 9.59 Å². The standard InChI is InChI=1S/C19H18N4O2S3/c1-3-5-11-8-14(24)21-19(20-11)28-10(2)16-22-17(25)15-12(9-27-18(15)23-16)13-6-4-7-26-13/h4,6-10H,3,5H2,1-2H3,(H,20,21,24)(H,22,23,25). The van der Waals surface area contributed by atoms with Crippen LogP contribution < -0.4 is 11.1 Å². The van der Waals surface area contributed by atoms with Crippen LogP contribution in [-0.2, 0) is 6.42 Å². The number of hydrogen-bond acceptors (Lipinski definition) is 7. The number of aromatic nitrogens is 4. The van der Waals surface area contributed by atoms with Gasteiger partial charge in [-0.3, -0.25) is 9.59 Å². The van der Waals surface area contributed by atoms with Gasteiger partial charge in [-0.2, -0.15) is 0 Å². The molecule has 0 aliphatic carbocycles. The van der Waals surface area contributed by atoms with Crippen LogP contribution in [0.1, 0.15) is 37.0 Å². The lowest BCUT2D eigenvalue weighted by Crippen LogP contribution is -2.14. The highest BCUT2D eigenvalue weighted by molar-refractivity contribution is 7.99. The monoisotopic (exact) mass is 430 g/mol. The maximum Gasteiger partial charge on any atom is 0.260 e. The molecule has 9 heteroatoms. The lowest BCUT2D eigenvalue weighted by molar-refractivity contribution is 0.810. The average Bonchev–Trinajstić information content (AvgIpc) is 3.30. The molecule has 2 N–H and O–H groups in total. The molecule has 0 aliphatic rings. The molecule has 4 aromatic heterocycles. The number of nitrogens with one attached hydrogen (secondary N) is 2. The Bertz CT molecular complexity index is 1220. The van der Waals surface area contributed by atoms with Gasteiger partial charge in [0.1, 0.15) is 10.7 Å². The van der Waals surface area contributed by atoms with E-state index in [1.165, 1.54) is 29.2 Å². The lowest BCUT2D eigenvalue weighted by Gasteiger charge is -2.10. The number of aryl methyl sites for hydroxylation is 1. The van der Waals surface area contributed by atoms with E-state index in [0.717, 1.165) is 33.8 Å². The number of aromatic amines is 2. The van der Waals surface area contributed by atoms with E-state index in [2.05, 4.69) is 19.9 Å². The van der Waals surface area contributed by atoms with Crippen molar-refractivity contribution in [1.29, 1.82) is 0 Å². The van der Waals surface area contributed by atoms with Crippen molar-refractivity contribution in [3.8, 4) is 10.4 Å². The van der Waals surface area contributed by atoms with Crippen molar-refractivity contribution in [2.45, 2.75) is 37.1 Å². The van der Waals surface area contributed by atoms with E-state index >= 15 is 0 Å². The summed E-state index contributed by atoms with van der Waals surface area (Å²) < 4.78 is 0. The minimum Gasteiger partial charge on any atom is -0.309 e. The highest BCUT2D eigenvalue weighted by atomic mass is 32.2. The molecule has 1 atom stereocenters. The number of hydrogen-bond donors (Lipinski definition) is 2. The van der Waals surface area contributed by atoms with E-state index in [0.29, 0.717) is 16.4 Å². The normalized spacial score (nSPS) is 12.5. The Labute approximate surface area is 173 Å². The predicted octanol–water partition coefficient (Wildman–Crippen LogP) is 4.60. The zero-order chi connectivity index (χ0) is 19.7. The van der Waals surface area contributed by atoms with Gasteiger partial charge in [0.15, 0.2) is 5.16 Å². The smallest absolute Gasteiger partial charge is 0.260 e. The molecule has 144 valence electrons. The average molecular weight is 431 g/mol. The van der Waals surface area contributed by atoms with Crippen molar-refractivity contribution in [1.82, 2.24) is 19.9 Å². The highest BCUT2D eigenvalue weighted by Gasteiger charge is 2.18. The fraction of sp³-hybridized carbons (Fsp3) is 0.263. The number of rotatable bonds is 6. The van der Waals surface area contributed by atoms with E-state index < -0.39 is 0 Å². The van der Waals surface area contributed by atoms with Gasteiger partial charge in [0.05, 0.1) is 10.6 Å². The van der Waals surface area contributed by atoms with Gasteiger partial charge in [-0.1, -0.05) is 31.2 Å². The van der Waals surface area contributed by atoms with Crippen molar-refractivity contribution < 1.29 is 0 Å². The summed E-state index contributed by atoms with van der Waals surface area (Å²) in [5.74, 6) is 0.575. The molecule has 0 aliphatic heterocycles. The molecule has 0 aromatic carbocycles. The Morgan fingerprint density at radius 3 is 2.82 bits per heavy atom. The molecule has 0 bridgehead atoms. The minimum atomic E-state index is -0.163. The zero-order valence-electron chi connectivity index (χ0n) is 15.3. The molecule has 0 saturated heterocycles. The Kier molecular flexibility index (Phi) is 5.47. The molecular weight excluding hydrogens is 412 g/mol. The highest BCUT2D eigenvalue weighted by Crippen LogP contribution is 2.35. The van der Waals surface area contributed by atoms with Crippen LogP contribution >= 0.6 is 34.4 Å². The Hall–Kier alpha value is -2.23. The van der Waals surface area contributed by atoms with Crippen LogP contribution in [0.4, 0.5) is 0 Å². The number of thioether (sulfide) groups is 1. The maximum atomic E-state index is 12.8. The van der Waals surface area contributed by atoms with Crippen LogP contribution in [0, 0.1) is 0 Å². The predicted molar refractivity (Wildman–Crippen MR) is 117 cm³/mol. The second kappa shape index (κ2) is 8.02. The van der Waals surface area contributed by atoms with Gasteiger partial charge in [-0.15, -0.1) is 22.7 Å². The molecule has 28 heavy (non-hydrogen) atoms. The van der Waals surface area contributed by atoms with Gasteiger partial charge in [0, 0.05) is 27.6 Å². The largest absolute Gasteiger partial charge is 0.309 e. The van der Waals surface area contributed by atoms with Gasteiger partial charge in [-0.05, 0) is 24.8 Å². The molecule has 0 spiro atoms. The van der Waals surface area contributed by atoms with Crippen molar-refractivity contribution in [3.05, 3.63) is 61.2 Å². The first kappa shape index (κ1) is 19.1. The molecule has 4 rings (SSSR count). The molecule has 0 radical (unpaired) electrons. The van der Waals surface area contributed by atoms with Gasteiger partial charge in [0.2, 0.25) is 0 Å². The first-order chi connectivity index (χ1) is 13.5. The molecule has 0 fully saturated rings. The van der Waals surface area contributed by atoms with Gasteiger partial charge in [-0.25, -0.2) is 9.97 Å². The summed E-state index contributed by atoms with van der Waals surface area (Å²) in [5, 5.41) is 4.98. The van der Waals surface area contributed by atoms with Crippen LogP contribution in [0.25, 0.3) is 20.7 Å². The van der Waals surface area contributed by atoms with Crippen LogP contribution in [0.3, 0.4) is 0 Å². The number of thiophene rings is 2. The van der Waals surface area contributed by atoms with Crippen molar-refractivity contribution in [2.75, 3.05) is 0 Å². The van der Waals surface area contributed by atoms with Crippen LogP contribution in [-0.4, -0.2) is 19.9 Å². The third kappa shape index (κ3) is 3.82. The summed E-state index contributed by atoms with van der Waals surface area (Å²) in [6.45, 7) is 3.99. The Balaban J connectivity index is 1.66. The van der Waals surface area contributed by atoms with Gasteiger partial charge < -0.3 is 9.97 Å². The maximum absolute atomic E-state index is 12.8. The summed E-state index contributed by atoms with van der Waals surface area (Å²) in [6, 6.07) is 5.50. The van der Waals surface area contributed by atoms with Crippen LogP contribution in [0.15, 0.2) is 43.7 Å². The zero-order valence-corrected chi connectivity index (χ0v) is 17.8. The summed E-state index contributed by atoms with van der Waals surface area (Å²) in [6.07, 6.45) is 1.68. The first-order valence-corrected chi connectivity index (χ1v) is 11.5. The fourth-order valence-electron chi connectivity index (χ4n) is 2.92. The number of nitrogens with zero attached hydrogens (tertiary/aromatic N) is 2. The molecule has 6 nitrogen and oxygen atoms in total. The second-order valence-electron chi connectivity index (χ2n) is 6.31. The molecule has 4 heterocycles. The molecule has 0 saturated carbocycles. The number of H-pyrrole nitrogens is 2. The van der Waals surface area contributed by atoms with E-state index in [1.54, 1.807) is 11.3 Å². The number of fused-ring (bicyclic) bond motifs is 1. The Morgan fingerprint density at radius 2 is 2.07 bits per heavy atom. The van der Waals surface area contributed by atoms with E-state index in [4.69, 9.17) is 0 Å². The third-order valence-electron chi connectivity index (χ3n) is 4.20. The van der Waals surface area contributed by atoms with E-state index in [-0.39, 0.29) is 16.4 Å². The summed E-state index contributed by atoms with van der Waals surface area (Å²) >= 11 is 4.45. The first-order valence-electron chi connectivity index (χ1n) is 8.87. The summed E-state index contributed by atoms with van der Waals surface area (Å²) in [4.78, 5) is 41.3. The van der Waals surface area contributed by atoms with Crippen molar-refractivity contribution in [2.24, 2.45) is 0 Å². The van der Waals surface area contributed by atoms with Gasteiger partial charge >= 0.3 is 0 Å². The summed E-state index contributed by atoms with van der Waals surface area (Å²) in [5.41, 5.74) is 1.40. The van der Waals surface area contributed by atoms with Crippen LogP contribution in [0.5, 0.6) is 0 Å². The third-order valence-corrected chi connectivity index (χ3v) is 6.97. The van der Waals surface area contributed by atoms with Crippen molar-refractivity contribution in [3.63, 3.8) is 0 Å². The minimum absolute atomic E-state index is 0.140.